The van der Waals surface area contributed by atoms with Gasteiger partial charge in [0.05, 0.1) is 14.2 Å². The maximum Gasteiger partial charge on any atom is 0.300 e. The van der Waals surface area contributed by atoms with Gasteiger partial charge >= 0.3 is 0 Å². The molecule has 1 heterocycles. The summed E-state index contributed by atoms with van der Waals surface area (Å²) in [6, 6.07) is 10.3. The van der Waals surface area contributed by atoms with Crippen LogP contribution in [0.15, 0.2) is 30.3 Å². The summed E-state index contributed by atoms with van der Waals surface area (Å²) >= 11 is 1.09. The van der Waals surface area contributed by atoms with Crippen molar-refractivity contribution in [3.63, 3.8) is 0 Å². The maximum absolute atomic E-state index is 12.5. The Kier molecular flexibility index (Phi) is 5.80. The molecule has 33 heavy (non-hydrogen) atoms. The highest BCUT2D eigenvalue weighted by Gasteiger charge is 2.48. The third-order valence-electron chi connectivity index (χ3n) is 7.30. The van der Waals surface area contributed by atoms with Crippen molar-refractivity contribution in [2.75, 3.05) is 14.2 Å². The highest BCUT2D eigenvalue weighted by Crippen LogP contribution is 2.50. The van der Waals surface area contributed by atoms with E-state index in [0.717, 1.165) is 41.3 Å². The number of benzene rings is 2. The molecule has 176 valence electrons. The van der Waals surface area contributed by atoms with Crippen LogP contribution in [0.5, 0.6) is 11.5 Å². The van der Waals surface area contributed by atoms with E-state index in [2.05, 4.69) is 52.1 Å². The zero-order chi connectivity index (χ0) is 24.2. The van der Waals surface area contributed by atoms with Crippen LogP contribution in [0.4, 0.5) is 0 Å². The summed E-state index contributed by atoms with van der Waals surface area (Å²) in [5.74, 6) is 0.719. The Balaban J connectivity index is 1.87. The van der Waals surface area contributed by atoms with Crippen molar-refractivity contribution in [3.8, 4) is 11.5 Å². The van der Waals surface area contributed by atoms with Crippen molar-refractivity contribution in [1.29, 1.82) is 0 Å². The molecular weight excluding hydrogens is 434 g/mol. The number of hydrogen-bond donors (Lipinski definition) is 1. The van der Waals surface area contributed by atoms with Crippen molar-refractivity contribution >= 4 is 22.8 Å². The third kappa shape index (κ3) is 4.03. The molecule has 0 spiro atoms. The zero-order valence-electron chi connectivity index (χ0n) is 20.5. The number of fused-ring (bicyclic) bond motifs is 1. The van der Waals surface area contributed by atoms with Crippen LogP contribution in [-0.4, -0.2) is 25.2 Å². The molecule has 1 aliphatic heterocycles. The van der Waals surface area contributed by atoms with Crippen LogP contribution in [0.2, 0.25) is 0 Å². The SMILES string of the molecule is COc1ccc(CC2(c3cc4c(cc3C)C(C)(C)CCC4(C)C)NC(=O)C(=O)S2)cc1OC. The first-order valence-electron chi connectivity index (χ1n) is 11.3. The molecule has 1 unspecified atom stereocenters. The van der Waals surface area contributed by atoms with Crippen LogP contribution in [0.3, 0.4) is 0 Å². The van der Waals surface area contributed by atoms with Gasteiger partial charge in [0.2, 0.25) is 0 Å². The fourth-order valence-electron chi connectivity index (χ4n) is 5.20. The molecule has 0 radical (unpaired) electrons. The monoisotopic (exact) mass is 467 g/mol. The number of carbonyl (C=O) groups is 2. The molecule has 2 aromatic rings. The minimum Gasteiger partial charge on any atom is -0.493 e. The molecule has 2 aromatic carbocycles. The maximum atomic E-state index is 12.5. The molecule has 0 aromatic heterocycles. The van der Waals surface area contributed by atoms with E-state index in [1.54, 1.807) is 14.2 Å². The highest BCUT2D eigenvalue weighted by atomic mass is 32.2. The van der Waals surface area contributed by atoms with E-state index >= 15 is 0 Å². The predicted octanol–water partition coefficient (Wildman–Crippen LogP) is 5.15. The molecule has 6 heteroatoms. The molecule has 1 amide bonds. The van der Waals surface area contributed by atoms with E-state index < -0.39 is 15.9 Å². The summed E-state index contributed by atoms with van der Waals surface area (Å²) in [5.41, 5.74) is 5.81. The molecule has 1 N–H and O–H groups in total. The lowest BCUT2D eigenvalue weighted by atomic mass is 9.62. The molecular formula is C27H33NO4S. The van der Waals surface area contributed by atoms with Gasteiger partial charge in [0.15, 0.2) is 11.5 Å². The minimum absolute atomic E-state index is 0.0229. The molecule has 2 aliphatic rings. The quantitative estimate of drug-likeness (QED) is 0.617. The largest absolute Gasteiger partial charge is 0.493 e. The molecule has 4 rings (SSSR count). The first-order chi connectivity index (χ1) is 15.4. The molecule has 1 aliphatic carbocycles. The van der Waals surface area contributed by atoms with Gasteiger partial charge in [-0.25, -0.2) is 0 Å². The number of nitrogens with one attached hydrogen (secondary N) is 1. The fraction of sp³-hybridized carbons (Fsp3) is 0.481. The van der Waals surface area contributed by atoms with Crippen molar-refractivity contribution in [1.82, 2.24) is 5.32 Å². The normalized spacial score (nSPS) is 23.1. The second-order valence-electron chi connectivity index (χ2n) is 10.5. The second kappa shape index (κ2) is 8.08. The van der Waals surface area contributed by atoms with Gasteiger partial charge in [-0.05, 0) is 82.3 Å². The number of rotatable bonds is 5. The van der Waals surface area contributed by atoms with Gasteiger partial charge in [-0.15, -0.1) is 0 Å². The molecule has 0 bridgehead atoms. The Morgan fingerprint density at radius 1 is 0.879 bits per heavy atom. The van der Waals surface area contributed by atoms with E-state index in [1.165, 1.54) is 11.1 Å². The third-order valence-corrected chi connectivity index (χ3v) is 8.49. The molecule has 1 atom stereocenters. The van der Waals surface area contributed by atoms with Crippen LogP contribution >= 0.6 is 11.8 Å². The average Bonchev–Trinajstić information content (AvgIpc) is 3.04. The Labute approximate surface area is 200 Å². The number of ether oxygens (including phenoxy) is 2. The molecule has 5 nitrogen and oxygen atoms in total. The summed E-state index contributed by atoms with van der Waals surface area (Å²) in [6.45, 7) is 11.3. The molecule has 1 fully saturated rings. The van der Waals surface area contributed by atoms with Crippen molar-refractivity contribution < 1.29 is 19.1 Å². The topological polar surface area (TPSA) is 64.6 Å². The summed E-state index contributed by atoms with van der Waals surface area (Å²) in [6.07, 6.45) is 2.68. The number of thioether (sulfide) groups is 1. The summed E-state index contributed by atoms with van der Waals surface area (Å²) in [4.78, 5) is 24.1. The highest BCUT2D eigenvalue weighted by molar-refractivity contribution is 8.16. The van der Waals surface area contributed by atoms with Crippen molar-refractivity contribution in [2.45, 2.75) is 69.6 Å². The predicted molar refractivity (Wildman–Crippen MR) is 132 cm³/mol. The number of carbonyl (C=O) groups excluding carboxylic acids is 2. The van der Waals surface area contributed by atoms with Crippen molar-refractivity contribution in [2.24, 2.45) is 0 Å². The van der Waals surface area contributed by atoms with E-state index in [9.17, 15) is 9.59 Å². The van der Waals surface area contributed by atoms with E-state index in [-0.39, 0.29) is 10.8 Å². The second-order valence-corrected chi connectivity index (χ2v) is 11.8. The molecule has 1 saturated heterocycles. The Hall–Kier alpha value is -2.47. The summed E-state index contributed by atoms with van der Waals surface area (Å²) < 4.78 is 10.9. The number of amides is 1. The van der Waals surface area contributed by atoms with Gasteiger partial charge in [0.1, 0.15) is 4.87 Å². The number of methoxy groups -OCH3 is 2. The van der Waals surface area contributed by atoms with Gasteiger partial charge in [-0.3, -0.25) is 9.59 Å². The fourth-order valence-corrected chi connectivity index (χ4v) is 6.37. The summed E-state index contributed by atoms with van der Waals surface area (Å²) in [5, 5.41) is 2.59. The molecule has 0 saturated carbocycles. The van der Waals surface area contributed by atoms with E-state index in [1.807, 2.05) is 18.2 Å². The number of aryl methyl sites for hydroxylation is 1. The van der Waals surface area contributed by atoms with Crippen LogP contribution in [-0.2, 0) is 31.7 Å². The van der Waals surface area contributed by atoms with Gasteiger partial charge in [0.25, 0.3) is 11.0 Å². The zero-order valence-corrected chi connectivity index (χ0v) is 21.4. The van der Waals surface area contributed by atoms with Crippen LogP contribution in [0, 0.1) is 6.92 Å². The lowest BCUT2D eigenvalue weighted by Gasteiger charge is -2.43. The number of hydrogen-bond acceptors (Lipinski definition) is 5. The van der Waals surface area contributed by atoms with Crippen LogP contribution in [0.1, 0.15) is 68.4 Å². The Morgan fingerprint density at radius 2 is 1.48 bits per heavy atom. The Morgan fingerprint density at radius 3 is 2.03 bits per heavy atom. The minimum atomic E-state index is -0.870. The first kappa shape index (κ1) is 23.7. The van der Waals surface area contributed by atoms with E-state index in [0.29, 0.717) is 17.9 Å². The van der Waals surface area contributed by atoms with Gasteiger partial charge in [-0.2, -0.15) is 0 Å². The van der Waals surface area contributed by atoms with Crippen LogP contribution < -0.4 is 14.8 Å². The smallest absolute Gasteiger partial charge is 0.300 e. The Bertz CT molecular complexity index is 1120. The summed E-state index contributed by atoms with van der Waals surface area (Å²) in [7, 11) is 3.20. The lowest BCUT2D eigenvalue weighted by Crippen LogP contribution is -2.41. The van der Waals surface area contributed by atoms with Gasteiger partial charge in [0, 0.05) is 6.42 Å². The first-order valence-corrected chi connectivity index (χ1v) is 12.2. The van der Waals surface area contributed by atoms with Gasteiger partial charge in [-0.1, -0.05) is 45.9 Å². The lowest BCUT2D eigenvalue weighted by molar-refractivity contribution is -0.132. The average molecular weight is 468 g/mol. The van der Waals surface area contributed by atoms with E-state index in [4.69, 9.17) is 9.47 Å². The van der Waals surface area contributed by atoms with Gasteiger partial charge < -0.3 is 14.8 Å². The standard InChI is InChI=1S/C27H33NO4S/c1-16-12-19-20(26(4,5)11-10-25(19,2)3)14-18(16)27(28-23(29)24(30)33-27)15-17-8-9-21(31-6)22(13-17)32-7/h8-9,12-14H,10-11,15H2,1-7H3,(H,28,29). The van der Waals surface area contributed by atoms with Crippen molar-refractivity contribution in [3.05, 3.63) is 58.1 Å². The van der Waals surface area contributed by atoms with Crippen LogP contribution in [0.25, 0.3) is 0 Å².